The van der Waals surface area contributed by atoms with Crippen molar-refractivity contribution >= 4 is 56.4 Å². The molecule has 0 radical (unpaired) electrons. The maximum atomic E-state index is 15.7. The van der Waals surface area contributed by atoms with Crippen LogP contribution in [0.25, 0.3) is 10.1 Å². The number of anilines is 1. The third-order valence-corrected chi connectivity index (χ3v) is 10.8. The molecule has 0 bridgehead atoms. The van der Waals surface area contributed by atoms with Crippen LogP contribution in [0.5, 0.6) is 0 Å². The van der Waals surface area contributed by atoms with Crippen molar-refractivity contribution in [3.8, 4) is 0 Å². The van der Waals surface area contributed by atoms with E-state index in [0.717, 1.165) is 29.0 Å². The minimum absolute atomic E-state index is 0.0658. The fourth-order valence-electron chi connectivity index (χ4n) is 7.05. The number of carbonyl (C=O) groups excluding carboxylic acids is 2. The third kappa shape index (κ3) is 6.71. The zero-order valence-corrected chi connectivity index (χ0v) is 27.1. The first-order valence-corrected chi connectivity index (χ1v) is 17.2. The number of piperidine rings is 1. The van der Waals surface area contributed by atoms with Crippen molar-refractivity contribution in [2.75, 3.05) is 31.5 Å². The fraction of sp³-hybridized carbons (Fsp3) is 0.500. The third-order valence-electron chi connectivity index (χ3n) is 9.57. The van der Waals surface area contributed by atoms with Gasteiger partial charge in [0.15, 0.2) is 5.78 Å². The molecule has 1 amide bonds. The van der Waals surface area contributed by atoms with Gasteiger partial charge in [-0.2, -0.15) is 0 Å². The number of benzene rings is 2. The first kappa shape index (κ1) is 33.0. The van der Waals surface area contributed by atoms with E-state index in [4.69, 9.17) is 16.3 Å². The molecule has 1 atom stereocenters. The minimum atomic E-state index is -1.54. The number of fused-ring (bicyclic) bond motifs is 1. The first-order valence-electron chi connectivity index (χ1n) is 16.0. The highest BCUT2D eigenvalue weighted by atomic mass is 35.5. The SMILES string of the molecule is O=C(Nc1cc(F)c(CC(=O)C(OC2CCC(C(=O)O)CC2)(N2CCCC2)N2CCC(F)CC2)cc1Cl)c1csc2ccccc12. The number of rotatable bonds is 10. The molecule has 1 aromatic heterocycles. The number of hydrogen-bond donors (Lipinski definition) is 2. The van der Waals surface area contributed by atoms with E-state index >= 15 is 4.39 Å². The standard InChI is InChI=1S/C34H38ClF2N3O5S/c35-27-17-22(28(37)19-29(27)38-32(42)26-20-46-30-6-2-1-5-25(26)30)18-31(41)34(39-13-3-4-14-39,40-15-11-23(36)12-16-40)45-24-9-7-21(8-10-24)33(43)44/h1-2,5-6,17,19-21,23-24H,3-4,7-16,18H2,(H,38,42)(H,43,44). The Bertz CT molecular complexity index is 1600. The van der Waals surface area contributed by atoms with Gasteiger partial charge >= 0.3 is 5.97 Å². The second-order valence-corrected chi connectivity index (χ2v) is 13.8. The molecule has 1 aliphatic carbocycles. The quantitative estimate of drug-likeness (QED) is 0.242. The van der Waals surface area contributed by atoms with Crippen molar-refractivity contribution in [1.29, 1.82) is 0 Å². The molecule has 3 heterocycles. The molecule has 6 rings (SSSR count). The number of nitrogens with zero attached hydrogens (tertiary/aromatic N) is 2. The lowest BCUT2D eigenvalue weighted by Crippen LogP contribution is -2.69. The van der Waals surface area contributed by atoms with Crippen molar-refractivity contribution in [1.82, 2.24) is 9.80 Å². The number of amides is 1. The molecule has 1 saturated carbocycles. The first-order chi connectivity index (χ1) is 22.2. The number of carbonyl (C=O) groups is 3. The number of ketones is 1. The largest absolute Gasteiger partial charge is 0.481 e. The summed E-state index contributed by atoms with van der Waals surface area (Å²) >= 11 is 8.01. The molecule has 3 aromatic rings. The van der Waals surface area contributed by atoms with Gasteiger partial charge in [0.2, 0.25) is 5.85 Å². The van der Waals surface area contributed by atoms with Crippen LogP contribution in [0.15, 0.2) is 41.8 Å². The number of ether oxygens (including phenoxy) is 1. The number of Topliss-reactive ketones (excluding diaryl/α,β-unsaturated/α-hetero) is 1. The van der Waals surface area contributed by atoms with Crippen LogP contribution in [0, 0.1) is 11.7 Å². The fourth-order valence-corrected chi connectivity index (χ4v) is 8.22. The van der Waals surface area contributed by atoms with Gasteiger partial charge < -0.3 is 15.2 Å². The molecule has 0 spiro atoms. The van der Waals surface area contributed by atoms with Gasteiger partial charge in [-0.15, -0.1) is 11.3 Å². The number of halogens is 3. The highest BCUT2D eigenvalue weighted by molar-refractivity contribution is 7.17. The number of alkyl halides is 1. The average molecular weight is 674 g/mol. The number of nitrogens with one attached hydrogen (secondary N) is 1. The van der Waals surface area contributed by atoms with E-state index < -0.39 is 35.6 Å². The molecule has 1 unspecified atom stereocenters. The van der Waals surface area contributed by atoms with Crippen LogP contribution in [0.1, 0.15) is 67.3 Å². The van der Waals surface area contributed by atoms with Crippen molar-refractivity contribution in [3.05, 3.63) is 63.7 Å². The molecular formula is C34H38ClF2N3O5S. The van der Waals surface area contributed by atoms with Crippen LogP contribution < -0.4 is 5.32 Å². The average Bonchev–Trinajstić information content (AvgIpc) is 3.74. The van der Waals surface area contributed by atoms with E-state index in [0.29, 0.717) is 57.4 Å². The molecule has 246 valence electrons. The summed E-state index contributed by atoms with van der Waals surface area (Å²) in [7, 11) is 0. The molecular weight excluding hydrogens is 636 g/mol. The smallest absolute Gasteiger partial charge is 0.306 e. The highest BCUT2D eigenvalue weighted by Crippen LogP contribution is 2.38. The Morgan fingerprint density at radius 2 is 1.67 bits per heavy atom. The van der Waals surface area contributed by atoms with Gasteiger partial charge in [0.1, 0.15) is 12.0 Å². The summed E-state index contributed by atoms with van der Waals surface area (Å²) in [6.45, 7) is 1.80. The Labute approximate surface area is 275 Å². The van der Waals surface area contributed by atoms with Crippen molar-refractivity contribution in [3.63, 3.8) is 0 Å². The second-order valence-electron chi connectivity index (χ2n) is 12.5. The Morgan fingerprint density at radius 3 is 2.37 bits per heavy atom. The molecule has 46 heavy (non-hydrogen) atoms. The van der Waals surface area contributed by atoms with Gasteiger partial charge in [0.25, 0.3) is 5.91 Å². The second kappa shape index (κ2) is 14.0. The van der Waals surface area contributed by atoms with E-state index in [-0.39, 0.29) is 47.4 Å². The summed E-state index contributed by atoms with van der Waals surface area (Å²) in [4.78, 5) is 43.2. The zero-order valence-electron chi connectivity index (χ0n) is 25.5. The summed E-state index contributed by atoms with van der Waals surface area (Å²) < 4.78 is 37.8. The Morgan fingerprint density at radius 1 is 1.00 bits per heavy atom. The molecule has 2 aliphatic heterocycles. The van der Waals surface area contributed by atoms with Crippen LogP contribution in [-0.2, 0) is 20.7 Å². The van der Waals surface area contributed by atoms with Crippen molar-refractivity contribution in [2.24, 2.45) is 5.92 Å². The lowest BCUT2D eigenvalue weighted by Gasteiger charge is -2.51. The summed E-state index contributed by atoms with van der Waals surface area (Å²) in [5.41, 5.74) is 0.618. The number of aliphatic carboxylic acids is 1. The Kier molecular flexibility index (Phi) is 10.1. The van der Waals surface area contributed by atoms with Gasteiger partial charge in [0.05, 0.1) is 28.3 Å². The molecule has 3 aliphatic rings. The molecule has 2 aromatic carbocycles. The van der Waals surface area contributed by atoms with Crippen LogP contribution in [0.3, 0.4) is 0 Å². The number of carboxylic acid groups (broad SMARTS) is 1. The summed E-state index contributed by atoms with van der Waals surface area (Å²) in [6.07, 6.45) is 2.40. The van der Waals surface area contributed by atoms with Crippen LogP contribution >= 0.6 is 22.9 Å². The van der Waals surface area contributed by atoms with Crippen molar-refractivity contribution < 1.29 is 33.0 Å². The van der Waals surface area contributed by atoms with E-state index in [9.17, 15) is 23.9 Å². The molecule has 2 N–H and O–H groups in total. The van der Waals surface area contributed by atoms with Crippen molar-refractivity contribution in [2.45, 2.75) is 75.9 Å². The zero-order chi connectivity index (χ0) is 32.4. The normalized spacial score (nSPS) is 22.9. The molecule has 3 fully saturated rings. The summed E-state index contributed by atoms with van der Waals surface area (Å²) in [5.74, 6) is -4.30. The Hall–Kier alpha value is -2.96. The predicted octanol–water partition coefficient (Wildman–Crippen LogP) is 6.90. The number of thiophene rings is 1. The maximum absolute atomic E-state index is 15.7. The van der Waals surface area contributed by atoms with Gasteiger partial charge in [-0.05, 0) is 75.1 Å². The summed E-state index contributed by atoms with van der Waals surface area (Å²) in [6, 6.07) is 10.0. The van der Waals surface area contributed by atoms with Gasteiger partial charge in [-0.1, -0.05) is 29.8 Å². The highest BCUT2D eigenvalue weighted by Gasteiger charge is 2.53. The lowest BCUT2D eigenvalue weighted by atomic mass is 9.87. The molecule has 12 heteroatoms. The molecule has 2 saturated heterocycles. The van der Waals surface area contributed by atoms with Crippen LogP contribution in [0.4, 0.5) is 14.5 Å². The maximum Gasteiger partial charge on any atom is 0.306 e. The van der Waals surface area contributed by atoms with Gasteiger partial charge in [-0.3, -0.25) is 24.2 Å². The number of carboxylic acids is 1. The molecule has 8 nitrogen and oxygen atoms in total. The van der Waals surface area contributed by atoms with E-state index in [1.165, 1.54) is 17.4 Å². The van der Waals surface area contributed by atoms with E-state index in [2.05, 4.69) is 5.32 Å². The van der Waals surface area contributed by atoms with E-state index in [1.54, 1.807) is 5.38 Å². The summed E-state index contributed by atoms with van der Waals surface area (Å²) in [5, 5.41) is 14.8. The Balaban J connectivity index is 1.27. The minimum Gasteiger partial charge on any atom is -0.481 e. The van der Waals surface area contributed by atoms with Crippen LogP contribution in [-0.4, -0.2) is 76.9 Å². The van der Waals surface area contributed by atoms with Gasteiger partial charge in [-0.25, -0.2) is 8.78 Å². The number of likely N-dealkylation sites (tertiary alicyclic amines) is 2. The monoisotopic (exact) mass is 673 g/mol. The van der Waals surface area contributed by atoms with E-state index in [1.807, 2.05) is 34.1 Å². The predicted molar refractivity (Wildman–Crippen MR) is 174 cm³/mol. The van der Waals surface area contributed by atoms with Crippen LogP contribution in [0.2, 0.25) is 5.02 Å². The number of hydrogen-bond acceptors (Lipinski definition) is 7. The topological polar surface area (TPSA) is 99.2 Å². The van der Waals surface area contributed by atoms with Gasteiger partial charge in [0, 0.05) is 48.1 Å². The lowest BCUT2D eigenvalue weighted by molar-refractivity contribution is -0.260.